The van der Waals surface area contributed by atoms with Crippen molar-refractivity contribution in [3.8, 4) is 11.6 Å². The number of benzene rings is 2. The number of anilines is 2. The Bertz CT molecular complexity index is 1070. The molecule has 1 N–H and O–H groups in total. The molecule has 3 rings (SSSR count). The fraction of sp³-hybridized carbons (Fsp3) is 0.150. The number of ether oxygens (including phenoxy) is 1. The average molecular weight is 378 g/mol. The molecule has 28 heavy (non-hydrogen) atoms. The summed E-state index contributed by atoms with van der Waals surface area (Å²) in [5.74, 6) is 0.127. The Hall–Kier alpha value is -3.81. The lowest BCUT2D eigenvalue weighted by atomic mass is 10.1. The van der Waals surface area contributed by atoms with Gasteiger partial charge in [-0.1, -0.05) is 18.2 Å². The lowest BCUT2D eigenvalue weighted by Gasteiger charge is -2.10. The van der Waals surface area contributed by atoms with Gasteiger partial charge in [-0.2, -0.15) is 4.98 Å². The van der Waals surface area contributed by atoms with Crippen LogP contribution in [0.4, 0.5) is 17.2 Å². The zero-order valence-corrected chi connectivity index (χ0v) is 15.6. The highest BCUT2D eigenvalue weighted by atomic mass is 16.6. The van der Waals surface area contributed by atoms with Crippen molar-refractivity contribution in [2.45, 2.75) is 20.8 Å². The van der Waals surface area contributed by atoms with Crippen molar-refractivity contribution >= 4 is 23.0 Å². The standard InChI is InChI=1S/C20H18N4O4/c1-12-7-8-17(9-13(12)2)28-20-18(24(26)27)19(21-11-22-20)23-16-6-4-5-15(10-16)14(3)25/h4-11H,1-3H3,(H,21,22,23). The van der Waals surface area contributed by atoms with E-state index in [2.05, 4.69) is 15.3 Å². The van der Waals surface area contributed by atoms with Crippen LogP contribution in [-0.4, -0.2) is 20.7 Å². The summed E-state index contributed by atoms with van der Waals surface area (Å²) in [7, 11) is 0. The number of aryl methyl sites for hydroxylation is 2. The molecule has 8 heteroatoms. The maximum atomic E-state index is 11.7. The third-order valence-electron chi connectivity index (χ3n) is 4.20. The van der Waals surface area contributed by atoms with Gasteiger partial charge in [0.15, 0.2) is 5.78 Å². The average Bonchev–Trinajstić information content (AvgIpc) is 2.65. The van der Waals surface area contributed by atoms with E-state index < -0.39 is 10.6 Å². The smallest absolute Gasteiger partial charge is 0.373 e. The molecule has 0 aliphatic heterocycles. The Labute approximate surface area is 161 Å². The van der Waals surface area contributed by atoms with Crippen molar-refractivity contribution in [2.24, 2.45) is 0 Å². The van der Waals surface area contributed by atoms with Gasteiger partial charge in [-0.3, -0.25) is 14.9 Å². The van der Waals surface area contributed by atoms with Gasteiger partial charge in [0.05, 0.1) is 4.92 Å². The first kappa shape index (κ1) is 19.0. The minimum atomic E-state index is -0.604. The summed E-state index contributed by atoms with van der Waals surface area (Å²) < 4.78 is 5.66. The summed E-state index contributed by atoms with van der Waals surface area (Å²) in [6.45, 7) is 5.33. The minimum Gasteiger partial charge on any atom is -0.434 e. The van der Waals surface area contributed by atoms with E-state index in [1.54, 1.807) is 36.4 Å². The molecule has 0 fully saturated rings. The van der Waals surface area contributed by atoms with Gasteiger partial charge in [-0.15, -0.1) is 0 Å². The zero-order valence-electron chi connectivity index (χ0n) is 15.6. The Morgan fingerprint density at radius 1 is 1.11 bits per heavy atom. The van der Waals surface area contributed by atoms with Crippen molar-refractivity contribution in [2.75, 3.05) is 5.32 Å². The maximum absolute atomic E-state index is 11.7. The molecule has 0 bridgehead atoms. The first-order valence-corrected chi connectivity index (χ1v) is 8.47. The molecule has 0 atom stereocenters. The number of carbonyl (C=O) groups is 1. The Morgan fingerprint density at radius 3 is 2.57 bits per heavy atom. The number of rotatable bonds is 6. The molecule has 0 radical (unpaired) electrons. The molecule has 0 unspecified atom stereocenters. The zero-order chi connectivity index (χ0) is 20.3. The Morgan fingerprint density at radius 2 is 1.89 bits per heavy atom. The summed E-state index contributed by atoms with van der Waals surface area (Å²) in [5.41, 5.74) is 2.65. The Kier molecular flexibility index (Phi) is 5.30. The minimum absolute atomic E-state index is 0.0282. The van der Waals surface area contributed by atoms with Crippen molar-refractivity contribution in [3.63, 3.8) is 0 Å². The van der Waals surface area contributed by atoms with Crippen LogP contribution in [0.3, 0.4) is 0 Å². The van der Waals surface area contributed by atoms with Crippen molar-refractivity contribution in [1.82, 2.24) is 9.97 Å². The topological polar surface area (TPSA) is 107 Å². The van der Waals surface area contributed by atoms with Crippen LogP contribution in [-0.2, 0) is 0 Å². The SMILES string of the molecule is CC(=O)c1cccc(Nc2ncnc(Oc3ccc(C)c(C)c3)c2[N+](=O)[O-])c1. The predicted octanol–water partition coefficient (Wildman–Crippen LogP) is 4.74. The van der Waals surface area contributed by atoms with E-state index >= 15 is 0 Å². The third-order valence-corrected chi connectivity index (χ3v) is 4.20. The second-order valence-corrected chi connectivity index (χ2v) is 6.24. The van der Waals surface area contributed by atoms with Gasteiger partial charge >= 0.3 is 11.6 Å². The normalized spacial score (nSPS) is 10.4. The summed E-state index contributed by atoms with van der Waals surface area (Å²) in [5, 5.41) is 14.5. The number of carbonyl (C=O) groups excluding carboxylic acids is 1. The monoisotopic (exact) mass is 378 g/mol. The predicted molar refractivity (Wildman–Crippen MR) is 104 cm³/mol. The van der Waals surface area contributed by atoms with Gasteiger partial charge in [0.25, 0.3) is 0 Å². The van der Waals surface area contributed by atoms with Crippen LogP contribution in [0, 0.1) is 24.0 Å². The largest absolute Gasteiger partial charge is 0.434 e. The number of Topliss-reactive ketones (excluding diaryl/α,β-unsaturated/α-hetero) is 1. The van der Waals surface area contributed by atoms with Crippen molar-refractivity contribution in [1.29, 1.82) is 0 Å². The number of hydrogen-bond donors (Lipinski definition) is 1. The van der Waals surface area contributed by atoms with E-state index in [-0.39, 0.29) is 17.5 Å². The summed E-state index contributed by atoms with van der Waals surface area (Å²) in [4.78, 5) is 30.5. The van der Waals surface area contributed by atoms with Gasteiger partial charge < -0.3 is 10.1 Å². The van der Waals surface area contributed by atoms with Gasteiger partial charge in [-0.25, -0.2) is 4.98 Å². The molecule has 1 aromatic heterocycles. The summed E-state index contributed by atoms with van der Waals surface area (Å²) >= 11 is 0. The van der Waals surface area contributed by atoms with Crippen LogP contribution in [0.25, 0.3) is 0 Å². The highest BCUT2D eigenvalue weighted by Gasteiger charge is 2.25. The molecule has 3 aromatic rings. The molecular weight excluding hydrogens is 360 g/mol. The van der Waals surface area contributed by atoms with E-state index in [9.17, 15) is 14.9 Å². The van der Waals surface area contributed by atoms with Crippen molar-refractivity contribution in [3.05, 3.63) is 75.6 Å². The van der Waals surface area contributed by atoms with Gasteiger partial charge in [0, 0.05) is 11.3 Å². The molecule has 0 aliphatic rings. The second kappa shape index (κ2) is 7.83. The van der Waals surface area contributed by atoms with Gasteiger partial charge in [-0.05, 0) is 56.2 Å². The number of aromatic nitrogens is 2. The van der Waals surface area contributed by atoms with Crippen LogP contribution < -0.4 is 10.1 Å². The summed E-state index contributed by atoms with van der Waals surface area (Å²) in [6.07, 6.45) is 1.18. The van der Waals surface area contributed by atoms with Crippen LogP contribution in [0.1, 0.15) is 28.4 Å². The van der Waals surface area contributed by atoms with Crippen LogP contribution in [0.15, 0.2) is 48.8 Å². The van der Waals surface area contributed by atoms with E-state index in [0.29, 0.717) is 17.0 Å². The molecular formula is C20H18N4O4. The fourth-order valence-corrected chi connectivity index (χ4v) is 2.54. The lowest BCUT2D eigenvalue weighted by molar-refractivity contribution is -0.385. The fourth-order valence-electron chi connectivity index (χ4n) is 2.54. The van der Waals surface area contributed by atoms with E-state index in [1.165, 1.54) is 13.3 Å². The third kappa shape index (κ3) is 4.12. The molecule has 8 nitrogen and oxygen atoms in total. The van der Waals surface area contributed by atoms with E-state index in [1.807, 2.05) is 19.9 Å². The van der Waals surface area contributed by atoms with E-state index in [4.69, 9.17) is 4.74 Å². The van der Waals surface area contributed by atoms with Crippen molar-refractivity contribution < 1.29 is 14.5 Å². The molecule has 142 valence electrons. The van der Waals surface area contributed by atoms with Crippen LogP contribution in [0.5, 0.6) is 11.6 Å². The molecule has 2 aromatic carbocycles. The number of ketones is 1. The number of nitrogens with one attached hydrogen (secondary N) is 1. The van der Waals surface area contributed by atoms with Crippen LogP contribution in [0.2, 0.25) is 0 Å². The second-order valence-electron chi connectivity index (χ2n) is 6.24. The van der Waals surface area contributed by atoms with Gasteiger partial charge in [0.1, 0.15) is 12.1 Å². The highest BCUT2D eigenvalue weighted by Crippen LogP contribution is 2.35. The first-order valence-electron chi connectivity index (χ1n) is 8.47. The summed E-state index contributed by atoms with van der Waals surface area (Å²) in [6, 6.07) is 12.0. The first-order chi connectivity index (χ1) is 13.3. The molecule has 0 aliphatic carbocycles. The number of nitro groups is 1. The maximum Gasteiger partial charge on any atom is 0.373 e. The number of hydrogen-bond acceptors (Lipinski definition) is 7. The van der Waals surface area contributed by atoms with Crippen LogP contribution >= 0.6 is 0 Å². The molecule has 0 saturated heterocycles. The quantitative estimate of drug-likeness (QED) is 0.375. The number of nitrogens with zero attached hydrogens (tertiary/aromatic N) is 3. The molecule has 0 amide bonds. The molecule has 0 saturated carbocycles. The van der Waals surface area contributed by atoms with E-state index in [0.717, 1.165) is 11.1 Å². The molecule has 1 heterocycles. The highest BCUT2D eigenvalue weighted by molar-refractivity contribution is 5.95. The molecule has 0 spiro atoms. The Balaban J connectivity index is 1.97. The van der Waals surface area contributed by atoms with Gasteiger partial charge in [0.2, 0.25) is 5.82 Å². The lowest BCUT2D eigenvalue weighted by Crippen LogP contribution is -2.04.